The predicted octanol–water partition coefficient (Wildman–Crippen LogP) is 4.60. The molecule has 1 aliphatic rings. The number of hydrogen-bond donors (Lipinski definition) is 2. The molecule has 0 aliphatic heterocycles. The van der Waals surface area contributed by atoms with Crippen LogP contribution in [0.4, 0.5) is 0 Å². The molecule has 2 aromatic rings. The molecule has 3 rings (SSSR count). The second-order valence-electron chi connectivity index (χ2n) is 6.55. The lowest BCUT2D eigenvalue weighted by Gasteiger charge is -2.30. The van der Waals surface area contributed by atoms with Gasteiger partial charge in [0.25, 0.3) is 5.91 Å². The third kappa shape index (κ3) is 5.68. The summed E-state index contributed by atoms with van der Waals surface area (Å²) < 4.78 is 0. The molecule has 7 heteroatoms. The molecule has 0 bridgehead atoms. The van der Waals surface area contributed by atoms with Gasteiger partial charge < -0.3 is 11.1 Å². The highest BCUT2D eigenvalue weighted by atomic mass is 35.5. The number of nitrogens with zero attached hydrogens (tertiary/aromatic N) is 1. The number of aryl methyl sites for hydroxylation is 1. The fraction of sp³-hybridized carbons (Fsp3) is 0.474. The second-order valence-corrected chi connectivity index (χ2v) is 7.61. The van der Waals surface area contributed by atoms with Gasteiger partial charge in [0.15, 0.2) is 0 Å². The Morgan fingerprint density at radius 2 is 2.04 bits per heavy atom. The number of benzene rings is 1. The molecule has 1 fully saturated rings. The van der Waals surface area contributed by atoms with E-state index in [2.05, 4.69) is 10.3 Å². The van der Waals surface area contributed by atoms with Crippen LogP contribution in [0.25, 0.3) is 11.3 Å². The van der Waals surface area contributed by atoms with E-state index in [1.807, 2.05) is 36.6 Å². The lowest BCUT2D eigenvalue weighted by Crippen LogP contribution is -2.45. The first-order chi connectivity index (χ1) is 11.7. The maximum atomic E-state index is 12.7. The standard InChI is InChI=1S/C19H25N3OS.2ClH/c1-13-21-18(12-24-13)15-8-5-9-16(10-15)19(23)22-17(11-20)14-6-3-2-4-7-14;;/h5,8-10,12,14,17H,2-4,6-7,11,20H2,1H3,(H,22,23);2*1H. The van der Waals surface area contributed by atoms with E-state index in [0.29, 0.717) is 18.0 Å². The van der Waals surface area contributed by atoms with E-state index in [9.17, 15) is 4.79 Å². The van der Waals surface area contributed by atoms with Crippen LogP contribution in [0.3, 0.4) is 0 Å². The molecule has 1 saturated carbocycles. The van der Waals surface area contributed by atoms with E-state index >= 15 is 0 Å². The van der Waals surface area contributed by atoms with Crippen LogP contribution in [0.5, 0.6) is 0 Å². The number of carbonyl (C=O) groups is 1. The summed E-state index contributed by atoms with van der Waals surface area (Å²) in [5.74, 6) is 0.474. The van der Waals surface area contributed by atoms with Crippen LogP contribution < -0.4 is 11.1 Å². The number of rotatable bonds is 5. The highest BCUT2D eigenvalue weighted by Gasteiger charge is 2.24. The van der Waals surface area contributed by atoms with Gasteiger partial charge in [0.1, 0.15) is 0 Å². The van der Waals surface area contributed by atoms with E-state index in [-0.39, 0.29) is 36.8 Å². The van der Waals surface area contributed by atoms with Gasteiger partial charge in [-0.3, -0.25) is 4.79 Å². The monoisotopic (exact) mass is 415 g/mol. The molecule has 1 aliphatic carbocycles. The molecular weight excluding hydrogens is 389 g/mol. The Morgan fingerprint density at radius 1 is 1.31 bits per heavy atom. The number of nitrogens with one attached hydrogen (secondary N) is 1. The molecular formula is C19H27Cl2N3OS. The molecule has 0 radical (unpaired) electrons. The van der Waals surface area contributed by atoms with Crippen LogP contribution in [-0.2, 0) is 0 Å². The SMILES string of the molecule is Cc1nc(-c2cccc(C(=O)NC(CN)C3CCCCC3)c2)cs1.Cl.Cl. The van der Waals surface area contributed by atoms with Crippen molar-refractivity contribution >= 4 is 42.1 Å². The summed E-state index contributed by atoms with van der Waals surface area (Å²) in [5, 5.41) is 6.21. The topological polar surface area (TPSA) is 68.0 Å². The molecule has 3 N–H and O–H groups in total. The Bertz CT molecular complexity index is 702. The minimum absolute atomic E-state index is 0. The average molecular weight is 416 g/mol. The van der Waals surface area contributed by atoms with E-state index in [1.54, 1.807) is 11.3 Å². The normalized spacial score (nSPS) is 15.5. The largest absolute Gasteiger partial charge is 0.348 e. The minimum atomic E-state index is -0.0372. The zero-order valence-corrected chi connectivity index (χ0v) is 17.4. The van der Waals surface area contributed by atoms with E-state index in [4.69, 9.17) is 5.73 Å². The van der Waals surface area contributed by atoms with Crippen LogP contribution in [0.2, 0.25) is 0 Å². The van der Waals surface area contributed by atoms with Crippen molar-refractivity contribution in [3.8, 4) is 11.3 Å². The van der Waals surface area contributed by atoms with Crippen molar-refractivity contribution in [1.29, 1.82) is 0 Å². The first-order valence-corrected chi connectivity index (χ1v) is 9.59. The Hall–Kier alpha value is -1.14. The summed E-state index contributed by atoms with van der Waals surface area (Å²) in [6.07, 6.45) is 6.13. The number of hydrogen-bond acceptors (Lipinski definition) is 4. The zero-order valence-electron chi connectivity index (χ0n) is 14.9. The maximum Gasteiger partial charge on any atom is 0.251 e. The van der Waals surface area contributed by atoms with Gasteiger partial charge in [-0.2, -0.15) is 0 Å². The van der Waals surface area contributed by atoms with Crippen LogP contribution in [0, 0.1) is 12.8 Å². The van der Waals surface area contributed by atoms with Crippen LogP contribution in [0.1, 0.15) is 47.5 Å². The number of thiazole rings is 1. The molecule has 1 aromatic heterocycles. The predicted molar refractivity (Wildman–Crippen MR) is 114 cm³/mol. The van der Waals surface area contributed by atoms with Gasteiger partial charge in [0.2, 0.25) is 0 Å². The van der Waals surface area contributed by atoms with Crippen molar-refractivity contribution in [3.05, 3.63) is 40.2 Å². The third-order valence-corrected chi connectivity index (χ3v) is 5.60. The van der Waals surface area contributed by atoms with Crippen molar-refractivity contribution < 1.29 is 4.79 Å². The number of carbonyl (C=O) groups excluding carboxylic acids is 1. The summed E-state index contributed by atoms with van der Waals surface area (Å²) in [5.41, 5.74) is 8.51. The molecule has 1 unspecified atom stereocenters. The van der Waals surface area contributed by atoms with Gasteiger partial charge in [-0.05, 0) is 37.8 Å². The van der Waals surface area contributed by atoms with Crippen molar-refractivity contribution in [2.75, 3.05) is 6.54 Å². The molecule has 4 nitrogen and oxygen atoms in total. The van der Waals surface area contributed by atoms with E-state index < -0.39 is 0 Å². The molecule has 1 atom stereocenters. The molecule has 144 valence electrons. The first-order valence-electron chi connectivity index (χ1n) is 8.71. The molecule has 0 saturated heterocycles. The molecule has 26 heavy (non-hydrogen) atoms. The summed E-state index contributed by atoms with van der Waals surface area (Å²) in [6.45, 7) is 2.49. The maximum absolute atomic E-state index is 12.7. The minimum Gasteiger partial charge on any atom is -0.348 e. The molecule has 0 spiro atoms. The number of nitrogens with two attached hydrogens (primary N) is 1. The van der Waals surface area contributed by atoms with Gasteiger partial charge in [-0.25, -0.2) is 4.98 Å². The fourth-order valence-electron chi connectivity index (χ4n) is 3.47. The van der Waals surface area contributed by atoms with Gasteiger partial charge in [0, 0.05) is 29.1 Å². The van der Waals surface area contributed by atoms with Gasteiger partial charge >= 0.3 is 0 Å². The van der Waals surface area contributed by atoms with E-state index in [0.717, 1.165) is 16.3 Å². The van der Waals surface area contributed by atoms with Gasteiger partial charge in [-0.15, -0.1) is 36.2 Å². The summed E-state index contributed by atoms with van der Waals surface area (Å²) in [7, 11) is 0. The van der Waals surface area contributed by atoms with Gasteiger partial charge in [-0.1, -0.05) is 31.4 Å². The van der Waals surface area contributed by atoms with Crippen LogP contribution >= 0.6 is 36.2 Å². The quantitative estimate of drug-likeness (QED) is 0.749. The smallest absolute Gasteiger partial charge is 0.251 e. The third-order valence-electron chi connectivity index (χ3n) is 4.83. The van der Waals surface area contributed by atoms with Crippen molar-refractivity contribution in [2.24, 2.45) is 11.7 Å². The Kier molecular flexibility index (Phi) is 9.58. The summed E-state index contributed by atoms with van der Waals surface area (Å²) in [4.78, 5) is 17.2. The number of amides is 1. The average Bonchev–Trinajstić information content (AvgIpc) is 3.07. The Balaban J connectivity index is 0.00000169. The number of aromatic nitrogens is 1. The van der Waals surface area contributed by atoms with Crippen LogP contribution in [0.15, 0.2) is 29.6 Å². The second kappa shape index (κ2) is 10.9. The van der Waals surface area contributed by atoms with Crippen LogP contribution in [-0.4, -0.2) is 23.5 Å². The molecule has 1 amide bonds. The van der Waals surface area contributed by atoms with E-state index in [1.165, 1.54) is 32.1 Å². The lowest BCUT2D eigenvalue weighted by molar-refractivity contribution is 0.0915. The number of halogens is 2. The van der Waals surface area contributed by atoms with Crippen molar-refractivity contribution in [1.82, 2.24) is 10.3 Å². The summed E-state index contributed by atoms with van der Waals surface area (Å²) in [6, 6.07) is 7.75. The molecule has 1 aromatic carbocycles. The first kappa shape index (κ1) is 22.9. The fourth-order valence-corrected chi connectivity index (χ4v) is 4.10. The lowest BCUT2D eigenvalue weighted by atomic mass is 9.84. The highest BCUT2D eigenvalue weighted by molar-refractivity contribution is 7.09. The Morgan fingerprint density at radius 3 is 2.65 bits per heavy atom. The van der Waals surface area contributed by atoms with Crippen molar-refractivity contribution in [3.63, 3.8) is 0 Å². The Labute approximate surface area is 171 Å². The zero-order chi connectivity index (χ0) is 16.9. The highest BCUT2D eigenvalue weighted by Crippen LogP contribution is 2.27. The molecule has 1 heterocycles. The van der Waals surface area contributed by atoms with Gasteiger partial charge in [0.05, 0.1) is 10.7 Å². The van der Waals surface area contributed by atoms with Crippen molar-refractivity contribution in [2.45, 2.75) is 45.1 Å². The summed E-state index contributed by atoms with van der Waals surface area (Å²) >= 11 is 1.62.